The summed E-state index contributed by atoms with van der Waals surface area (Å²) in [5.41, 5.74) is 18.1. The first-order valence-electron chi connectivity index (χ1n) is 12.9. The monoisotopic (exact) mass is 555 g/mol. The van der Waals surface area contributed by atoms with Crippen molar-refractivity contribution in [1.82, 2.24) is 29.5 Å². The van der Waals surface area contributed by atoms with Crippen molar-refractivity contribution in [2.45, 2.75) is 24.9 Å². The third-order valence-corrected chi connectivity index (χ3v) is 7.70. The van der Waals surface area contributed by atoms with Crippen LogP contribution in [0.15, 0.2) is 61.3 Å². The van der Waals surface area contributed by atoms with E-state index in [-0.39, 0.29) is 6.79 Å². The fourth-order valence-electron chi connectivity index (χ4n) is 5.50. The zero-order valence-corrected chi connectivity index (χ0v) is 22.3. The van der Waals surface area contributed by atoms with E-state index < -0.39 is 5.54 Å². The molecule has 40 heavy (non-hydrogen) atoms. The summed E-state index contributed by atoms with van der Waals surface area (Å²) >= 11 is 6.22. The van der Waals surface area contributed by atoms with Gasteiger partial charge in [-0.3, -0.25) is 4.98 Å². The van der Waals surface area contributed by atoms with Gasteiger partial charge in [0.15, 0.2) is 23.0 Å². The number of hydrogen-bond acceptors (Lipinski definition) is 10. The number of nitrogens with zero attached hydrogens (tertiary/aromatic N) is 7. The van der Waals surface area contributed by atoms with Crippen LogP contribution < -0.4 is 25.8 Å². The molecule has 0 saturated carbocycles. The minimum atomic E-state index is -0.653. The Labute approximate surface area is 234 Å². The van der Waals surface area contributed by atoms with Gasteiger partial charge >= 0.3 is 0 Å². The first kappa shape index (κ1) is 24.6. The standard InChI is InChI=1S/C28H26ClN9O2/c29-24-4-1-3-23(36-24)28(31)7-2-8-37(13-28)20-11-32-19(17-5-6-21-22(10-17)40-16-39-21)9-18(20)12-38-15-35-25-26(30)33-14-34-27(25)38/h1,3-6,9-11,14-15H,2,7-8,12-13,16,31H2,(H2,30,33,34). The summed E-state index contributed by atoms with van der Waals surface area (Å²) in [4.78, 5) is 24.7. The van der Waals surface area contributed by atoms with Gasteiger partial charge in [-0.2, -0.15) is 0 Å². The Morgan fingerprint density at radius 1 is 1.02 bits per heavy atom. The molecule has 0 bridgehead atoms. The van der Waals surface area contributed by atoms with Crippen LogP contribution in [-0.2, 0) is 12.1 Å². The van der Waals surface area contributed by atoms with Crippen molar-refractivity contribution in [3.05, 3.63) is 77.7 Å². The highest BCUT2D eigenvalue weighted by molar-refractivity contribution is 6.29. The van der Waals surface area contributed by atoms with Crippen LogP contribution in [0.25, 0.3) is 22.4 Å². The number of ether oxygens (including phenoxy) is 2. The molecule has 4 N–H and O–H groups in total. The number of benzene rings is 1. The van der Waals surface area contributed by atoms with Gasteiger partial charge in [0.2, 0.25) is 6.79 Å². The van der Waals surface area contributed by atoms with Gasteiger partial charge in [0.05, 0.1) is 41.7 Å². The highest BCUT2D eigenvalue weighted by atomic mass is 35.5. The van der Waals surface area contributed by atoms with Crippen LogP contribution in [0, 0.1) is 0 Å². The molecule has 0 aliphatic carbocycles. The summed E-state index contributed by atoms with van der Waals surface area (Å²) < 4.78 is 13.1. The van der Waals surface area contributed by atoms with E-state index in [1.165, 1.54) is 6.33 Å². The highest BCUT2D eigenvalue weighted by Gasteiger charge is 2.35. The quantitative estimate of drug-likeness (QED) is 0.308. The second-order valence-corrected chi connectivity index (χ2v) is 10.5. The molecule has 6 heterocycles. The SMILES string of the molecule is Nc1ncnc2c1ncn2Cc1cc(-c2ccc3c(c2)OCO3)ncc1N1CCCC(N)(c2cccc(Cl)n2)C1. The Morgan fingerprint density at radius 2 is 1.93 bits per heavy atom. The van der Waals surface area contributed by atoms with Gasteiger partial charge in [0.25, 0.3) is 0 Å². The van der Waals surface area contributed by atoms with Crippen molar-refractivity contribution in [3.63, 3.8) is 0 Å². The van der Waals surface area contributed by atoms with Crippen molar-refractivity contribution in [3.8, 4) is 22.8 Å². The maximum Gasteiger partial charge on any atom is 0.231 e. The largest absolute Gasteiger partial charge is 0.454 e. The molecule has 2 aliphatic heterocycles. The van der Waals surface area contributed by atoms with Gasteiger partial charge in [-0.15, -0.1) is 0 Å². The number of piperidine rings is 1. The molecule has 0 spiro atoms. The van der Waals surface area contributed by atoms with Crippen molar-refractivity contribution in [2.24, 2.45) is 5.73 Å². The maximum atomic E-state index is 6.97. The van der Waals surface area contributed by atoms with Gasteiger partial charge in [-0.25, -0.2) is 19.9 Å². The number of nitrogen functional groups attached to an aromatic ring is 1. The summed E-state index contributed by atoms with van der Waals surface area (Å²) in [5.74, 6) is 1.78. The van der Waals surface area contributed by atoms with E-state index >= 15 is 0 Å². The molecule has 202 valence electrons. The Balaban J connectivity index is 1.30. The van der Waals surface area contributed by atoms with E-state index in [4.69, 9.17) is 37.5 Å². The molecule has 11 nitrogen and oxygen atoms in total. The molecular weight excluding hydrogens is 530 g/mol. The number of anilines is 2. The maximum absolute atomic E-state index is 6.97. The first-order valence-corrected chi connectivity index (χ1v) is 13.3. The summed E-state index contributed by atoms with van der Waals surface area (Å²) in [7, 11) is 0. The first-order chi connectivity index (χ1) is 19.5. The zero-order valence-electron chi connectivity index (χ0n) is 21.5. The van der Waals surface area contributed by atoms with E-state index in [2.05, 4.69) is 30.9 Å². The second-order valence-electron chi connectivity index (χ2n) is 10.1. The summed E-state index contributed by atoms with van der Waals surface area (Å²) in [6.45, 7) is 2.10. The molecule has 7 rings (SSSR count). The smallest absolute Gasteiger partial charge is 0.231 e. The lowest BCUT2D eigenvalue weighted by Crippen LogP contribution is -2.52. The van der Waals surface area contributed by atoms with Crippen LogP contribution in [0.5, 0.6) is 11.5 Å². The lowest BCUT2D eigenvalue weighted by molar-refractivity contribution is 0.174. The third kappa shape index (κ3) is 4.33. The number of nitrogens with two attached hydrogens (primary N) is 2. The van der Waals surface area contributed by atoms with E-state index in [0.29, 0.717) is 41.0 Å². The van der Waals surface area contributed by atoms with Crippen molar-refractivity contribution >= 4 is 34.3 Å². The van der Waals surface area contributed by atoms with Gasteiger partial charge in [-0.05, 0) is 54.8 Å². The van der Waals surface area contributed by atoms with Gasteiger partial charge < -0.3 is 30.4 Å². The molecule has 1 fully saturated rings. The molecule has 12 heteroatoms. The van der Waals surface area contributed by atoms with Crippen LogP contribution in [0.1, 0.15) is 24.1 Å². The second kappa shape index (κ2) is 9.61. The highest BCUT2D eigenvalue weighted by Crippen LogP contribution is 2.38. The summed E-state index contributed by atoms with van der Waals surface area (Å²) in [6.07, 6.45) is 6.80. The predicted octanol–water partition coefficient (Wildman–Crippen LogP) is 3.75. The van der Waals surface area contributed by atoms with Crippen LogP contribution in [-0.4, -0.2) is 49.4 Å². The van der Waals surface area contributed by atoms with Crippen molar-refractivity contribution in [1.29, 1.82) is 0 Å². The molecule has 1 atom stereocenters. The third-order valence-electron chi connectivity index (χ3n) is 7.49. The Bertz CT molecular complexity index is 1740. The fourth-order valence-corrected chi connectivity index (χ4v) is 5.66. The van der Waals surface area contributed by atoms with Crippen LogP contribution in [0.4, 0.5) is 11.5 Å². The molecular formula is C28H26ClN9O2. The number of halogens is 1. The molecule has 1 saturated heterocycles. The Hall–Kier alpha value is -4.48. The van der Waals surface area contributed by atoms with Crippen molar-refractivity contribution < 1.29 is 9.47 Å². The Kier molecular flexibility index (Phi) is 5.90. The average Bonchev–Trinajstić information content (AvgIpc) is 3.61. The normalized spacial score (nSPS) is 18.4. The molecule has 4 aromatic heterocycles. The Morgan fingerprint density at radius 3 is 2.83 bits per heavy atom. The van der Waals surface area contributed by atoms with E-state index in [1.54, 1.807) is 12.4 Å². The van der Waals surface area contributed by atoms with Crippen molar-refractivity contribution in [2.75, 3.05) is 30.5 Å². The van der Waals surface area contributed by atoms with Crippen LogP contribution in [0.3, 0.4) is 0 Å². The number of rotatable bonds is 5. The summed E-state index contributed by atoms with van der Waals surface area (Å²) in [6, 6.07) is 13.5. The van der Waals surface area contributed by atoms with E-state index in [1.807, 2.05) is 41.1 Å². The zero-order chi connectivity index (χ0) is 27.3. The number of pyridine rings is 2. The molecule has 0 radical (unpaired) electrons. The van der Waals surface area contributed by atoms with Gasteiger partial charge in [-0.1, -0.05) is 17.7 Å². The molecule has 1 aromatic carbocycles. The predicted molar refractivity (Wildman–Crippen MR) is 151 cm³/mol. The van der Waals surface area contributed by atoms with E-state index in [0.717, 1.165) is 53.3 Å². The number of imidazole rings is 1. The van der Waals surface area contributed by atoms with Crippen LogP contribution in [0.2, 0.25) is 5.15 Å². The van der Waals surface area contributed by atoms with Gasteiger partial charge in [0, 0.05) is 18.7 Å². The molecule has 1 unspecified atom stereocenters. The number of hydrogen-bond donors (Lipinski definition) is 2. The molecule has 5 aromatic rings. The molecule has 0 amide bonds. The minimum absolute atomic E-state index is 0.215. The van der Waals surface area contributed by atoms with Crippen LogP contribution >= 0.6 is 11.6 Å². The number of fused-ring (bicyclic) bond motifs is 2. The molecule has 2 aliphatic rings. The summed E-state index contributed by atoms with van der Waals surface area (Å²) in [5, 5.41) is 0.433. The van der Waals surface area contributed by atoms with E-state index in [9.17, 15) is 0 Å². The number of aromatic nitrogens is 6. The minimum Gasteiger partial charge on any atom is -0.454 e. The lowest BCUT2D eigenvalue weighted by atomic mass is 9.86. The lowest BCUT2D eigenvalue weighted by Gasteiger charge is -2.41. The van der Waals surface area contributed by atoms with Gasteiger partial charge in [0.1, 0.15) is 17.0 Å². The average molecular weight is 556 g/mol. The fraction of sp³-hybridized carbons (Fsp3) is 0.250. The topological polar surface area (TPSA) is 143 Å².